The molecule has 1 aromatic carbocycles. The Balaban J connectivity index is 2.39. The van der Waals surface area contributed by atoms with E-state index in [1.807, 2.05) is 13.0 Å². The van der Waals surface area contributed by atoms with Crippen LogP contribution in [0.3, 0.4) is 0 Å². The van der Waals surface area contributed by atoms with Crippen LogP contribution >= 0.6 is 0 Å². The molecular formula is C15H23N3O2. The number of benzene rings is 1. The van der Waals surface area contributed by atoms with Crippen molar-refractivity contribution in [2.75, 3.05) is 11.1 Å². The summed E-state index contributed by atoms with van der Waals surface area (Å²) in [4.78, 5) is 22.1. The molecule has 0 aliphatic rings. The molecule has 110 valence electrons. The highest BCUT2D eigenvalue weighted by atomic mass is 16.2. The van der Waals surface area contributed by atoms with E-state index in [1.165, 1.54) is 0 Å². The van der Waals surface area contributed by atoms with E-state index in [-0.39, 0.29) is 5.91 Å². The van der Waals surface area contributed by atoms with Crippen molar-refractivity contribution in [3.8, 4) is 0 Å². The topological polar surface area (TPSA) is 98.2 Å². The van der Waals surface area contributed by atoms with Crippen molar-refractivity contribution in [3.05, 3.63) is 23.8 Å². The fraction of sp³-hybridized carbons (Fsp3) is 0.467. The Morgan fingerprint density at radius 1 is 1.35 bits per heavy atom. The maximum Gasteiger partial charge on any atom is 0.241 e. The molecule has 5 nitrogen and oxygen atoms in total. The number of carbonyl (C=O) groups is 2. The summed E-state index contributed by atoms with van der Waals surface area (Å²) in [5, 5.41) is 2.74. The Hall–Kier alpha value is -1.88. The standard InChI is InChI=1S/C15H23N3O2/c1-11-7-8-14(13(17)10-11)18-15(20)12(16)6-4-2-3-5-9-19/h7-10,12H,2-6,16-17H2,1H3,(H,18,20). The number of aryl methyl sites for hydroxylation is 1. The van der Waals surface area contributed by atoms with E-state index in [0.717, 1.165) is 31.1 Å². The largest absolute Gasteiger partial charge is 0.397 e. The summed E-state index contributed by atoms with van der Waals surface area (Å²) in [5.74, 6) is -0.226. The summed E-state index contributed by atoms with van der Waals surface area (Å²) >= 11 is 0. The zero-order valence-electron chi connectivity index (χ0n) is 11.9. The zero-order chi connectivity index (χ0) is 15.0. The van der Waals surface area contributed by atoms with Crippen LogP contribution in [0.2, 0.25) is 0 Å². The maximum atomic E-state index is 11.9. The molecule has 0 spiro atoms. The van der Waals surface area contributed by atoms with Crippen molar-refractivity contribution in [1.29, 1.82) is 0 Å². The summed E-state index contributed by atoms with van der Waals surface area (Å²) in [6.07, 6.45) is 4.69. The molecule has 1 aromatic rings. The number of nitrogens with one attached hydrogen (secondary N) is 1. The maximum absolute atomic E-state index is 11.9. The molecule has 5 heteroatoms. The lowest BCUT2D eigenvalue weighted by atomic mass is 10.1. The third-order valence-corrected chi connectivity index (χ3v) is 3.14. The lowest BCUT2D eigenvalue weighted by Crippen LogP contribution is -2.35. The second-order valence-electron chi connectivity index (χ2n) is 4.99. The van der Waals surface area contributed by atoms with E-state index in [1.54, 1.807) is 12.1 Å². The minimum absolute atomic E-state index is 0.226. The first-order chi connectivity index (χ1) is 9.54. The van der Waals surface area contributed by atoms with Gasteiger partial charge in [-0.05, 0) is 37.5 Å². The van der Waals surface area contributed by atoms with E-state index in [0.29, 0.717) is 24.2 Å². The van der Waals surface area contributed by atoms with Gasteiger partial charge in [0, 0.05) is 6.42 Å². The van der Waals surface area contributed by atoms with Crippen molar-refractivity contribution in [3.63, 3.8) is 0 Å². The van der Waals surface area contributed by atoms with Crippen LogP contribution in [0, 0.1) is 6.92 Å². The number of aldehydes is 1. The number of hydrogen-bond acceptors (Lipinski definition) is 4. The predicted octanol–water partition coefficient (Wildman–Crippen LogP) is 1.99. The fourth-order valence-corrected chi connectivity index (χ4v) is 1.92. The van der Waals surface area contributed by atoms with Crippen LogP contribution in [0.5, 0.6) is 0 Å². The monoisotopic (exact) mass is 277 g/mol. The van der Waals surface area contributed by atoms with Crippen LogP contribution in [0.1, 0.15) is 37.7 Å². The van der Waals surface area contributed by atoms with Crippen LogP contribution in [0.4, 0.5) is 11.4 Å². The number of anilines is 2. The van der Waals surface area contributed by atoms with Crippen LogP contribution < -0.4 is 16.8 Å². The molecule has 1 rings (SSSR count). The molecule has 20 heavy (non-hydrogen) atoms. The minimum atomic E-state index is -0.549. The Morgan fingerprint density at radius 3 is 2.75 bits per heavy atom. The van der Waals surface area contributed by atoms with Gasteiger partial charge in [0.25, 0.3) is 0 Å². The van der Waals surface area contributed by atoms with Gasteiger partial charge in [0.15, 0.2) is 0 Å². The fourth-order valence-electron chi connectivity index (χ4n) is 1.92. The van der Waals surface area contributed by atoms with Crippen LogP contribution in [-0.4, -0.2) is 18.2 Å². The summed E-state index contributed by atoms with van der Waals surface area (Å²) in [6.45, 7) is 1.94. The van der Waals surface area contributed by atoms with Gasteiger partial charge in [-0.15, -0.1) is 0 Å². The van der Waals surface area contributed by atoms with E-state index in [2.05, 4.69) is 5.32 Å². The molecule has 1 amide bonds. The smallest absolute Gasteiger partial charge is 0.241 e. The van der Waals surface area contributed by atoms with Crippen molar-refractivity contribution >= 4 is 23.6 Å². The van der Waals surface area contributed by atoms with Gasteiger partial charge < -0.3 is 21.6 Å². The van der Waals surface area contributed by atoms with Gasteiger partial charge in [0.05, 0.1) is 17.4 Å². The summed E-state index contributed by atoms with van der Waals surface area (Å²) in [5.41, 5.74) is 13.8. The Bertz CT molecular complexity index is 460. The van der Waals surface area contributed by atoms with Crippen molar-refractivity contribution in [2.45, 2.75) is 45.1 Å². The molecule has 0 bridgehead atoms. The molecule has 0 radical (unpaired) electrons. The molecular weight excluding hydrogens is 254 g/mol. The lowest BCUT2D eigenvalue weighted by Gasteiger charge is -2.13. The lowest BCUT2D eigenvalue weighted by molar-refractivity contribution is -0.117. The number of amides is 1. The summed E-state index contributed by atoms with van der Waals surface area (Å²) in [6, 6.07) is 4.92. The Kier molecular flexibility index (Phi) is 6.73. The number of hydrogen-bond donors (Lipinski definition) is 3. The van der Waals surface area contributed by atoms with Crippen molar-refractivity contribution in [1.82, 2.24) is 0 Å². The SMILES string of the molecule is Cc1ccc(NC(=O)C(N)CCCCCC=O)c(N)c1. The van der Waals surface area contributed by atoms with Crippen LogP contribution in [0.25, 0.3) is 0 Å². The number of carbonyl (C=O) groups excluding carboxylic acids is 2. The average molecular weight is 277 g/mol. The van der Waals surface area contributed by atoms with Gasteiger partial charge in [-0.1, -0.05) is 18.9 Å². The third-order valence-electron chi connectivity index (χ3n) is 3.14. The van der Waals surface area contributed by atoms with Crippen molar-refractivity contribution < 1.29 is 9.59 Å². The first kappa shape index (κ1) is 16.2. The molecule has 1 unspecified atom stereocenters. The van der Waals surface area contributed by atoms with E-state index < -0.39 is 6.04 Å². The quantitative estimate of drug-likeness (QED) is 0.384. The van der Waals surface area contributed by atoms with E-state index in [9.17, 15) is 9.59 Å². The van der Waals surface area contributed by atoms with Gasteiger partial charge in [-0.3, -0.25) is 4.79 Å². The zero-order valence-corrected chi connectivity index (χ0v) is 11.9. The molecule has 0 aliphatic heterocycles. The number of unbranched alkanes of at least 4 members (excludes halogenated alkanes) is 3. The number of nitrogens with two attached hydrogens (primary N) is 2. The van der Waals surface area contributed by atoms with Gasteiger partial charge in [0.1, 0.15) is 6.29 Å². The predicted molar refractivity (Wildman–Crippen MR) is 81.3 cm³/mol. The van der Waals surface area contributed by atoms with Gasteiger partial charge >= 0.3 is 0 Å². The molecule has 0 aromatic heterocycles. The van der Waals surface area contributed by atoms with E-state index >= 15 is 0 Å². The molecule has 0 fully saturated rings. The molecule has 1 atom stereocenters. The average Bonchev–Trinajstić information content (AvgIpc) is 2.41. The molecule has 0 saturated carbocycles. The highest BCUT2D eigenvalue weighted by molar-refractivity contribution is 5.97. The van der Waals surface area contributed by atoms with Gasteiger partial charge in [0.2, 0.25) is 5.91 Å². The number of rotatable bonds is 8. The van der Waals surface area contributed by atoms with E-state index in [4.69, 9.17) is 11.5 Å². The second-order valence-corrected chi connectivity index (χ2v) is 4.99. The Morgan fingerprint density at radius 2 is 2.10 bits per heavy atom. The molecule has 0 heterocycles. The number of nitrogen functional groups attached to an aromatic ring is 1. The third kappa shape index (κ3) is 5.40. The summed E-state index contributed by atoms with van der Waals surface area (Å²) in [7, 11) is 0. The highest BCUT2D eigenvalue weighted by Gasteiger charge is 2.14. The first-order valence-corrected chi connectivity index (χ1v) is 6.91. The van der Waals surface area contributed by atoms with Crippen LogP contribution in [-0.2, 0) is 9.59 Å². The van der Waals surface area contributed by atoms with Gasteiger partial charge in [-0.2, -0.15) is 0 Å². The van der Waals surface area contributed by atoms with Crippen LogP contribution in [0.15, 0.2) is 18.2 Å². The van der Waals surface area contributed by atoms with Crippen molar-refractivity contribution in [2.24, 2.45) is 5.73 Å². The normalized spacial score (nSPS) is 11.9. The second kappa shape index (κ2) is 8.32. The molecule has 5 N–H and O–H groups in total. The first-order valence-electron chi connectivity index (χ1n) is 6.91. The highest BCUT2D eigenvalue weighted by Crippen LogP contribution is 2.19. The Labute approximate surface area is 119 Å². The summed E-state index contributed by atoms with van der Waals surface area (Å²) < 4.78 is 0. The minimum Gasteiger partial charge on any atom is -0.397 e. The molecule has 0 saturated heterocycles. The van der Waals surface area contributed by atoms with Gasteiger partial charge in [-0.25, -0.2) is 0 Å². The molecule has 0 aliphatic carbocycles.